The fourth-order valence-corrected chi connectivity index (χ4v) is 2.45. The highest BCUT2D eigenvalue weighted by Gasteiger charge is 2.27. The van der Waals surface area contributed by atoms with Crippen molar-refractivity contribution in [3.8, 4) is 0 Å². The van der Waals surface area contributed by atoms with Crippen LogP contribution in [0.3, 0.4) is 0 Å². The molecule has 0 spiro atoms. The van der Waals surface area contributed by atoms with E-state index >= 15 is 0 Å². The van der Waals surface area contributed by atoms with Gasteiger partial charge in [-0.25, -0.2) is 0 Å². The summed E-state index contributed by atoms with van der Waals surface area (Å²) in [4.78, 5) is 11.3. The first-order chi connectivity index (χ1) is 8.22. The number of fused-ring (bicyclic) bond motifs is 1. The van der Waals surface area contributed by atoms with E-state index in [0.29, 0.717) is 12.5 Å². The number of carbonyl (C=O) groups is 1. The van der Waals surface area contributed by atoms with Gasteiger partial charge in [0.2, 0.25) is 5.91 Å². The molecule has 1 heterocycles. The Hall–Kier alpha value is -1.51. The molecule has 1 aromatic carbocycles. The van der Waals surface area contributed by atoms with Gasteiger partial charge in [0.25, 0.3) is 0 Å². The number of anilines is 2. The Morgan fingerprint density at radius 1 is 1.35 bits per heavy atom. The van der Waals surface area contributed by atoms with Crippen LogP contribution in [0, 0.1) is 5.92 Å². The standard InChI is InChI=1S/C14H18N2O/c1-9(10-2-3-10)15-12-5-6-13-11(8-12)4-7-14(17)16-13/h5-6,8-10,15H,2-4,7H2,1H3,(H,16,17). The quantitative estimate of drug-likeness (QED) is 0.838. The van der Waals surface area contributed by atoms with Crippen molar-refractivity contribution < 1.29 is 4.79 Å². The molecular weight excluding hydrogens is 212 g/mol. The molecule has 1 aliphatic heterocycles. The Morgan fingerprint density at radius 3 is 2.94 bits per heavy atom. The molecule has 0 saturated heterocycles. The van der Waals surface area contributed by atoms with Crippen LogP contribution in [0.4, 0.5) is 11.4 Å². The molecule has 90 valence electrons. The van der Waals surface area contributed by atoms with E-state index in [2.05, 4.69) is 29.7 Å². The van der Waals surface area contributed by atoms with Crippen LogP contribution in [0.25, 0.3) is 0 Å². The van der Waals surface area contributed by atoms with Gasteiger partial charge in [0.15, 0.2) is 0 Å². The summed E-state index contributed by atoms with van der Waals surface area (Å²) >= 11 is 0. The lowest BCUT2D eigenvalue weighted by Crippen LogP contribution is -2.20. The summed E-state index contributed by atoms with van der Waals surface area (Å²) in [7, 11) is 0. The van der Waals surface area contributed by atoms with Crippen molar-refractivity contribution in [3.63, 3.8) is 0 Å². The smallest absolute Gasteiger partial charge is 0.224 e. The summed E-state index contributed by atoms with van der Waals surface area (Å²) in [6.45, 7) is 2.25. The molecule has 0 aromatic heterocycles. The number of carbonyl (C=O) groups excluding carboxylic acids is 1. The Bertz CT molecular complexity index is 452. The van der Waals surface area contributed by atoms with Gasteiger partial charge in [-0.05, 0) is 55.9 Å². The molecule has 3 nitrogen and oxygen atoms in total. The molecule has 1 fully saturated rings. The highest BCUT2D eigenvalue weighted by atomic mass is 16.1. The second kappa shape index (κ2) is 4.06. The van der Waals surface area contributed by atoms with Crippen molar-refractivity contribution >= 4 is 17.3 Å². The van der Waals surface area contributed by atoms with Crippen molar-refractivity contribution in [3.05, 3.63) is 23.8 Å². The lowest BCUT2D eigenvalue weighted by molar-refractivity contribution is -0.116. The molecule has 1 aromatic rings. The van der Waals surface area contributed by atoms with E-state index in [1.54, 1.807) is 0 Å². The van der Waals surface area contributed by atoms with Crippen molar-refractivity contribution in [2.45, 2.75) is 38.6 Å². The van der Waals surface area contributed by atoms with E-state index < -0.39 is 0 Å². The van der Waals surface area contributed by atoms with Crippen LogP contribution in [0.1, 0.15) is 31.7 Å². The molecule has 1 amide bonds. The van der Waals surface area contributed by atoms with E-state index in [9.17, 15) is 4.79 Å². The van der Waals surface area contributed by atoms with E-state index in [1.165, 1.54) is 24.1 Å². The number of aryl methyl sites for hydroxylation is 1. The second-order valence-corrected chi connectivity index (χ2v) is 5.19. The third kappa shape index (κ3) is 2.28. The molecule has 1 unspecified atom stereocenters. The molecule has 1 saturated carbocycles. The fraction of sp³-hybridized carbons (Fsp3) is 0.500. The van der Waals surface area contributed by atoms with Gasteiger partial charge in [-0.3, -0.25) is 4.79 Å². The Morgan fingerprint density at radius 2 is 2.18 bits per heavy atom. The predicted octanol–water partition coefficient (Wildman–Crippen LogP) is 2.78. The predicted molar refractivity (Wildman–Crippen MR) is 69.2 cm³/mol. The zero-order valence-electron chi connectivity index (χ0n) is 10.1. The lowest BCUT2D eigenvalue weighted by atomic mass is 10.0. The van der Waals surface area contributed by atoms with Crippen LogP contribution in [0.15, 0.2) is 18.2 Å². The highest BCUT2D eigenvalue weighted by molar-refractivity contribution is 5.94. The first kappa shape index (κ1) is 10.6. The average molecular weight is 230 g/mol. The van der Waals surface area contributed by atoms with E-state index in [1.807, 2.05) is 6.07 Å². The first-order valence-electron chi connectivity index (χ1n) is 6.42. The Kier molecular flexibility index (Phi) is 2.54. The number of benzene rings is 1. The van der Waals surface area contributed by atoms with Crippen LogP contribution < -0.4 is 10.6 Å². The van der Waals surface area contributed by atoms with E-state index in [0.717, 1.165) is 18.0 Å². The van der Waals surface area contributed by atoms with Gasteiger partial charge < -0.3 is 10.6 Å². The van der Waals surface area contributed by atoms with Gasteiger partial charge in [0.1, 0.15) is 0 Å². The van der Waals surface area contributed by atoms with Crippen molar-refractivity contribution in [1.82, 2.24) is 0 Å². The van der Waals surface area contributed by atoms with Gasteiger partial charge >= 0.3 is 0 Å². The molecule has 1 atom stereocenters. The van der Waals surface area contributed by atoms with Crippen molar-refractivity contribution in [2.24, 2.45) is 5.92 Å². The number of hydrogen-bond acceptors (Lipinski definition) is 2. The third-order valence-electron chi connectivity index (χ3n) is 3.72. The molecule has 2 aliphatic rings. The number of hydrogen-bond donors (Lipinski definition) is 2. The normalized spacial score (nSPS) is 20.4. The zero-order chi connectivity index (χ0) is 11.8. The van der Waals surface area contributed by atoms with Gasteiger partial charge in [-0.15, -0.1) is 0 Å². The SMILES string of the molecule is CC(Nc1ccc2c(c1)CCC(=O)N2)C1CC1. The Balaban J connectivity index is 1.75. The molecule has 17 heavy (non-hydrogen) atoms. The summed E-state index contributed by atoms with van der Waals surface area (Å²) < 4.78 is 0. The molecule has 2 N–H and O–H groups in total. The maximum atomic E-state index is 11.3. The molecule has 3 heteroatoms. The summed E-state index contributed by atoms with van der Waals surface area (Å²) in [6, 6.07) is 6.80. The minimum Gasteiger partial charge on any atom is -0.382 e. The molecule has 0 bridgehead atoms. The van der Waals surface area contributed by atoms with Crippen LogP contribution in [0.2, 0.25) is 0 Å². The summed E-state index contributed by atoms with van der Waals surface area (Å²) in [5, 5.41) is 6.46. The average Bonchev–Trinajstić information content (AvgIpc) is 3.13. The van der Waals surface area contributed by atoms with Crippen molar-refractivity contribution in [1.29, 1.82) is 0 Å². The van der Waals surface area contributed by atoms with Crippen LogP contribution >= 0.6 is 0 Å². The topological polar surface area (TPSA) is 41.1 Å². The summed E-state index contributed by atoms with van der Waals surface area (Å²) in [5.41, 5.74) is 3.41. The van der Waals surface area contributed by atoms with Gasteiger partial charge in [0.05, 0.1) is 0 Å². The molecule has 3 rings (SSSR count). The van der Waals surface area contributed by atoms with Crippen molar-refractivity contribution in [2.75, 3.05) is 10.6 Å². The Labute approximate surface area is 102 Å². The molecule has 1 aliphatic carbocycles. The maximum absolute atomic E-state index is 11.3. The van der Waals surface area contributed by atoms with Crippen LogP contribution in [0.5, 0.6) is 0 Å². The fourth-order valence-electron chi connectivity index (χ4n) is 2.45. The first-order valence-corrected chi connectivity index (χ1v) is 6.42. The van der Waals surface area contributed by atoms with Crippen LogP contribution in [-0.4, -0.2) is 11.9 Å². The number of nitrogens with one attached hydrogen (secondary N) is 2. The summed E-state index contributed by atoms with van der Waals surface area (Å²) in [6.07, 6.45) is 4.17. The minimum absolute atomic E-state index is 0.129. The maximum Gasteiger partial charge on any atom is 0.224 e. The molecule has 0 radical (unpaired) electrons. The monoisotopic (exact) mass is 230 g/mol. The van der Waals surface area contributed by atoms with E-state index in [4.69, 9.17) is 0 Å². The minimum atomic E-state index is 0.129. The lowest BCUT2D eigenvalue weighted by Gasteiger charge is -2.20. The van der Waals surface area contributed by atoms with Crippen LogP contribution in [-0.2, 0) is 11.2 Å². The molecular formula is C14H18N2O. The highest BCUT2D eigenvalue weighted by Crippen LogP contribution is 2.34. The van der Waals surface area contributed by atoms with E-state index in [-0.39, 0.29) is 5.91 Å². The largest absolute Gasteiger partial charge is 0.382 e. The van der Waals surface area contributed by atoms with Gasteiger partial charge in [-0.1, -0.05) is 0 Å². The summed E-state index contributed by atoms with van der Waals surface area (Å²) in [5.74, 6) is 0.982. The second-order valence-electron chi connectivity index (χ2n) is 5.19. The zero-order valence-corrected chi connectivity index (χ0v) is 10.1. The number of rotatable bonds is 3. The third-order valence-corrected chi connectivity index (χ3v) is 3.72. The van der Waals surface area contributed by atoms with Gasteiger partial charge in [0, 0.05) is 23.8 Å². The number of amides is 1. The van der Waals surface area contributed by atoms with Gasteiger partial charge in [-0.2, -0.15) is 0 Å².